The van der Waals surface area contributed by atoms with Gasteiger partial charge in [-0.1, -0.05) is 25.0 Å². The van der Waals surface area contributed by atoms with Crippen LogP contribution in [0, 0.1) is 0 Å². The summed E-state index contributed by atoms with van der Waals surface area (Å²) < 4.78 is 5.55. The van der Waals surface area contributed by atoms with Gasteiger partial charge >= 0.3 is 0 Å². The maximum Gasteiger partial charge on any atom is 0.241 e. The fourth-order valence-electron chi connectivity index (χ4n) is 2.74. The Morgan fingerprint density at radius 2 is 1.90 bits per heavy atom. The number of hydrogen-bond acceptors (Lipinski definition) is 3. The molecule has 1 saturated heterocycles. The van der Waals surface area contributed by atoms with E-state index in [9.17, 15) is 4.79 Å². The van der Waals surface area contributed by atoms with Gasteiger partial charge < -0.3 is 10.1 Å². The molecule has 0 bridgehead atoms. The van der Waals surface area contributed by atoms with E-state index in [-0.39, 0.29) is 11.9 Å². The minimum absolute atomic E-state index is 0.0454. The van der Waals surface area contributed by atoms with Crippen LogP contribution in [-0.2, 0) is 4.79 Å². The summed E-state index contributed by atoms with van der Waals surface area (Å²) in [5.41, 5.74) is 0.756. The molecule has 0 aromatic heterocycles. The van der Waals surface area contributed by atoms with Crippen LogP contribution < -0.4 is 10.1 Å². The van der Waals surface area contributed by atoms with Crippen LogP contribution in [0.25, 0.3) is 0 Å². The molecule has 0 spiro atoms. The SMILES string of the molecule is CCOc1ccccc1NC(=O)C(C)N1CCCCCC1. The lowest BCUT2D eigenvalue weighted by molar-refractivity contribution is -0.120. The van der Waals surface area contributed by atoms with Crippen LogP contribution in [0.5, 0.6) is 5.75 Å². The monoisotopic (exact) mass is 290 g/mol. The van der Waals surface area contributed by atoms with Gasteiger partial charge in [-0.05, 0) is 51.9 Å². The second-order valence-electron chi connectivity index (χ2n) is 5.54. The van der Waals surface area contributed by atoms with Gasteiger partial charge in [0.1, 0.15) is 5.75 Å². The van der Waals surface area contributed by atoms with Crippen LogP contribution >= 0.6 is 0 Å². The molecule has 1 unspecified atom stereocenters. The molecular weight excluding hydrogens is 264 g/mol. The molecule has 1 amide bonds. The number of benzene rings is 1. The highest BCUT2D eigenvalue weighted by Crippen LogP contribution is 2.24. The third-order valence-corrected chi connectivity index (χ3v) is 4.01. The van der Waals surface area contributed by atoms with E-state index in [1.54, 1.807) is 0 Å². The Bertz CT molecular complexity index is 454. The van der Waals surface area contributed by atoms with Crippen LogP contribution in [-0.4, -0.2) is 36.5 Å². The zero-order chi connectivity index (χ0) is 15.1. The average molecular weight is 290 g/mol. The lowest BCUT2D eigenvalue weighted by atomic mass is 10.2. The maximum absolute atomic E-state index is 12.5. The molecule has 1 aromatic carbocycles. The second kappa shape index (κ2) is 8.03. The number of anilines is 1. The second-order valence-corrected chi connectivity index (χ2v) is 5.54. The van der Waals surface area contributed by atoms with Gasteiger partial charge in [-0.3, -0.25) is 9.69 Å². The Balaban J connectivity index is 1.99. The first-order chi connectivity index (χ1) is 10.2. The van der Waals surface area contributed by atoms with Crippen LogP contribution in [0.4, 0.5) is 5.69 Å². The molecule has 1 heterocycles. The summed E-state index contributed by atoms with van der Waals surface area (Å²) in [6.07, 6.45) is 4.93. The van der Waals surface area contributed by atoms with Crippen molar-refractivity contribution in [3.63, 3.8) is 0 Å². The van der Waals surface area contributed by atoms with E-state index in [0.717, 1.165) is 24.5 Å². The standard InChI is InChI=1S/C17H26N2O2/c1-3-21-16-11-7-6-10-15(16)18-17(20)14(2)19-12-8-4-5-9-13-19/h6-7,10-11,14H,3-5,8-9,12-13H2,1-2H3,(H,18,20). The highest BCUT2D eigenvalue weighted by atomic mass is 16.5. The molecular formula is C17H26N2O2. The predicted molar refractivity (Wildman–Crippen MR) is 85.7 cm³/mol. The zero-order valence-electron chi connectivity index (χ0n) is 13.1. The van der Waals surface area contributed by atoms with Gasteiger partial charge in [-0.2, -0.15) is 0 Å². The third kappa shape index (κ3) is 4.46. The van der Waals surface area contributed by atoms with Gasteiger partial charge in [0.2, 0.25) is 5.91 Å². The van der Waals surface area contributed by atoms with E-state index in [1.165, 1.54) is 25.7 Å². The van der Waals surface area contributed by atoms with Crippen molar-refractivity contribution in [3.05, 3.63) is 24.3 Å². The van der Waals surface area contributed by atoms with Gasteiger partial charge in [0.25, 0.3) is 0 Å². The van der Waals surface area contributed by atoms with Crippen molar-refractivity contribution >= 4 is 11.6 Å². The molecule has 0 saturated carbocycles. The Kier molecular flexibility index (Phi) is 6.05. The number of carbonyl (C=O) groups excluding carboxylic acids is 1. The number of rotatable bonds is 5. The highest BCUT2D eigenvalue weighted by molar-refractivity contribution is 5.95. The summed E-state index contributed by atoms with van der Waals surface area (Å²) in [7, 11) is 0. The van der Waals surface area contributed by atoms with E-state index in [0.29, 0.717) is 6.61 Å². The van der Waals surface area contributed by atoms with Crippen molar-refractivity contribution in [1.29, 1.82) is 0 Å². The molecule has 2 rings (SSSR count). The summed E-state index contributed by atoms with van der Waals surface area (Å²) >= 11 is 0. The fraction of sp³-hybridized carbons (Fsp3) is 0.588. The van der Waals surface area contributed by atoms with Crippen molar-refractivity contribution in [2.24, 2.45) is 0 Å². The van der Waals surface area contributed by atoms with Gasteiger partial charge in [0.05, 0.1) is 18.3 Å². The number of nitrogens with zero attached hydrogens (tertiary/aromatic N) is 1. The van der Waals surface area contributed by atoms with Crippen molar-refractivity contribution in [2.45, 2.75) is 45.6 Å². The quantitative estimate of drug-likeness (QED) is 0.904. The van der Waals surface area contributed by atoms with Gasteiger partial charge in [-0.15, -0.1) is 0 Å². The number of likely N-dealkylation sites (tertiary alicyclic amines) is 1. The van der Waals surface area contributed by atoms with E-state index in [1.807, 2.05) is 38.1 Å². The first kappa shape index (κ1) is 15.8. The minimum atomic E-state index is -0.0993. The van der Waals surface area contributed by atoms with Crippen LogP contribution in [0.15, 0.2) is 24.3 Å². The summed E-state index contributed by atoms with van der Waals surface area (Å²) in [5.74, 6) is 0.778. The first-order valence-electron chi connectivity index (χ1n) is 7.99. The molecule has 1 fully saturated rings. The topological polar surface area (TPSA) is 41.6 Å². The molecule has 0 aliphatic carbocycles. The molecule has 4 heteroatoms. The number of ether oxygens (including phenoxy) is 1. The molecule has 0 radical (unpaired) electrons. The molecule has 1 N–H and O–H groups in total. The van der Waals surface area contributed by atoms with Crippen molar-refractivity contribution in [2.75, 3.05) is 25.0 Å². The number of amides is 1. The highest BCUT2D eigenvalue weighted by Gasteiger charge is 2.22. The number of hydrogen-bond donors (Lipinski definition) is 1. The fourth-order valence-corrected chi connectivity index (χ4v) is 2.74. The average Bonchev–Trinajstić information content (AvgIpc) is 2.78. The predicted octanol–water partition coefficient (Wildman–Crippen LogP) is 3.29. The van der Waals surface area contributed by atoms with Crippen LogP contribution in [0.3, 0.4) is 0 Å². The summed E-state index contributed by atoms with van der Waals surface area (Å²) in [6.45, 7) is 6.56. The van der Waals surface area contributed by atoms with Crippen LogP contribution in [0.1, 0.15) is 39.5 Å². The number of para-hydroxylation sites is 2. The molecule has 116 valence electrons. The molecule has 1 aliphatic heterocycles. The van der Waals surface area contributed by atoms with E-state index in [2.05, 4.69) is 10.2 Å². The molecule has 21 heavy (non-hydrogen) atoms. The summed E-state index contributed by atoms with van der Waals surface area (Å²) in [5, 5.41) is 3.01. The van der Waals surface area contributed by atoms with Crippen LogP contribution in [0.2, 0.25) is 0 Å². The van der Waals surface area contributed by atoms with E-state index < -0.39 is 0 Å². The lowest BCUT2D eigenvalue weighted by Crippen LogP contribution is -2.42. The molecule has 1 aromatic rings. The number of carbonyl (C=O) groups is 1. The van der Waals surface area contributed by atoms with Crippen molar-refractivity contribution in [1.82, 2.24) is 4.90 Å². The summed E-state index contributed by atoms with van der Waals surface area (Å²) in [4.78, 5) is 14.8. The maximum atomic E-state index is 12.5. The van der Waals surface area contributed by atoms with Gasteiger partial charge in [0.15, 0.2) is 0 Å². The Morgan fingerprint density at radius 1 is 1.24 bits per heavy atom. The van der Waals surface area contributed by atoms with E-state index in [4.69, 9.17) is 4.74 Å². The van der Waals surface area contributed by atoms with Gasteiger partial charge in [-0.25, -0.2) is 0 Å². The summed E-state index contributed by atoms with van der Waals surface area (Å²) in [6, 6.07) is 7.50. The van der Waals surface area contributed by atoms with Crippen molar-refractivity contribution < 1.29 is 9.53 Å². The minimum Gasteiger partial charge on any atom is -0.492 e. The zero-order valence-corrected chi connectivity index (χ0v) is 13.1. The molecule has 4 nitrogen and oxygen atoms in total. The van der Waals surface area contributed by atoms with E-state index >= 15 is 0 Å². The Hall–Kier alpha value is -1.55. The normalized spacial score (nSPS) is 17.8. The van der Waals surface area contributed by atoms with Gasteiger partial charge in [0, 0.05) is 0 Å². The third-order valence-electron chi connectivity index (χ3n) is 4.01. The first-order valence-corrected chi connectivity index (χ1v) is 7.99. The lowest BCUT2D eigenvalue weighted by Gasteiger charge is -2.26. The Labute approximate surface area is 127 Å². The molecule has 1 atom stereocenters. The smallest absolute Gasteiger partial charge is 0.241 e. The van der Waals surface area contributed by atoms with Crippen molar-refractivity contribution in [3.8, 4) is 5.75 Å². The Morgan fingerprint density at radius 3 is 2.57 bits per heavy atom. The molecule has 1 aliphatic rings. The largest absolute Gasteiger partial charge is 0.492 e. The number of nitrogens with one attached hydrogen (secondary N) is 1.